The Bertz CT molecular complexity index is 428. The summed E-state index contributed by atoms with van der Waals surface area (Å²) in [6.45, 7) is 6.22. The Morgan fingerprint density at radius 3 is 2.82 bits per heavy atom. The first-order valence-electron chi connectivity index (χ1n) is 6.13. The van der Waals surface area contributed by atoms with Crippen molar-refractivity contribution in [1.82, 2.24) is 5.32 Å². The van der Waals surface area contributed by atoms with Crippen LogP contribution in [-0.4, -0.2) is 24.2 Å². The number of carboxylic acids is 1. The van der Waals surface area contributed by atoms with Crippen molar-refractivity contribution in [2.45, 2.75) is 26.2 Å². The van der Waals surface area contributed by atoms with Gasteiger partial charge in [0.1, 0.15) is 0 Å². The zero-order valence-corrected chi connectivity index (χ0v) is 10.4. The summed E-state index contributed by atoms with van der Waals surface area (Å²) in [5, 5.41) is 12.5. The second-order valence-corrected chi connectivity index (χ2v) is 5.01. The second kappa shape index (κ2) is 4.88. The van der Waals surface area contributed by atoms with Crippen LogP contribution in [0.5, 0.6) is 0 Å². The molecule has 2 rings (SSSR count). The van der Waals surface area contributed by atoms with Crippen molar-refractivity contribution in [2.75, 3.05) is 13.1 Å². The molecule has 17 heavy (non-hydrogen) atoms. The SMILES string of the molecule is Cc1cc(C(=O)O)cc([C@H]2CCNC[C@@H]2C)c1. The molecule has 1 aliphatic rings. The molecule has 3 heteroatoms. The Morgan fingerprint density at radius 2 is 2.18 bits per heavy atom. The molecule has 0 radical (unpaired) electrons. The van der Waals surface area contributed by atoms with E-state index in [1.807, 2.05) is 13.0 Å². The Balaban J connectivity index is 2.33. The van der Waals surface area contributed by atoms with Crippen LogP contribution in [0.1, 0.15) is 40.7 Å². The Labute approximate surface area is 102 Å². The van der Waals surface area contributed by atoms with Gasteiger partial charge in [0.2, 0.25) is 0 Å². The van der Waals surface area contributed by atoms with Gasteiger partial charge in [0.25, 0.3) is 0 Å². The van der Waals surface area contributed by atoms with E-state index in [0.717, 1.165) is 25.1 Å². The van der Waals surface area contributed by atoms with Gasteiger partial charge in [0, 0.05) is 0 Å². The second-order valence-electron chi connectivity index (χ2n) is 5.01. The van der Waals surface area contributed by atoms with E-state index in [1.165, 1.54) is 5.56 Å². The third kappa shape index (κ3) is 2.67. The molecule has 2 N–H and O–H groups in total. The van der Waals surface area contributed by atoms with Gasteiger partial charge in [-0.15, -0.1) is 0 Å². The van der Waals surface area contributed by atoms with E-state index >= 15 is 0 Å². The number of rotatable bonds is 2. The maximum Gasteiger partial charge on any atom is 0.335 e. The molecule has 0 saturated carbocycles. The summed E-state index contributed by atoms with van der Waals surface area (Å²) < 4.78 is 0. The first kappa shape index (κ1) is 12.1. The van der Waals surface area contributed by atoms with Crippen LogP contribution in [0.2, 0.25) is 0 Å². The average molecular weight is 233 g/mol. The van der Waals surface area contributed by atoms with Gasteiger partial charge >= 0.3 is 5.97 Å². The average Bonchev–Trinajstić information content (AvgIpc) is 2.28. The minimum Gasteiger partial charge on any atom is -0.478 e. The van der Waals surface area contributed by atoms with E-state index < -0.39 is 5.97 Å². The predicted octanol–water partition coefficient (Wildman–Crippen LogP) is 2.41. The van der Waals surface area contributed by atoms with Crippen LogP contribution in [0.25, 0.3) is 0 Å². The molecule has 0 bridgehead atoms. The van der Waals surface area contributed by atoms with Crippen molar-refractivity contribution in [3.8, 4) is 0 Å². The van der Waals surface area contributed by atoms with Crippen molar-refractivity contribution in [1.29, 1.82) is 0 Å². The third-order valence-electron chi connectivity index (χ3n) is 3.56. The van der Waals surface area contributed by atoms with Crippen molar-refractivity contribution in [2.24, 2.45) is 5.92 Å². The molecular weight excluding hydrogens is 214 g/mol. The topological polar surface area (TPSA) is 49.3 Å². The highest BCUT2D eigenvalue weighted by Gasteiger charge is 2.23. The fraction of sp³-hybridized carbons (Fsp3) is 0.500. The molecule has 2 atom stereocenters. The zero-order chi connectivity index (χ0) is 12.4. The Hall–Kier alpha value is -1.35. The summed E-state index contributed by atoms with van der Waals surface area (Å²) in [6, 6.07) is 5.69. The number of carboxylic acid groups (broad SMARTS) is 1. The molecule has 0 spiro atoms. The summed E-state index contributed by atoms with van der Waals surface area (Å²) in [5.41, 5.74) is 2.62. The maximum atomic E-state index is 11.1. The highest BCUT2D eigenvalue weighted by atomic mass is 16.4. The van der Waals surface area contributed by atoms with Crippen molar-refractivity contribution in [3.63, 3.8) is 0 Å². The number of hydrogen-bond acceptors (Lipinski definition) is 2. The van der Waals surface area contributed by atoms with Crippen molar-refractivity contribution < 1.29 is 9.90 Å². The predicted molar refractivity (Wildman–Crippen MR) is 67.5 cm³/mol. The molecule has 3 nitrogen and oxygen atoms in total. The van der Waals surface area contributed by atoms with Gasteiger partial charge in [-0.2, -0.15) is 0 Å². The summed E-state index contributed by atoms with van der Waals surface area (Å²) in [7, 11) is 0. The molecule has 1 heterocycles. The standard InChI is InChI=1S/C14H19NO2/c1-9-5-11(7-12(6-9)14(16)17)13-3-4-15-8-10(13)2/h5-7,10,13,15H,3-4,8H2,1-2H3,(H,16,17)/t10-,13-/m0/s1. The van der Waals surface area contributed by atoms with Crippen LogP contribution in [0.3, 0.4) is 0 Å². The van der Waals surface area contributed by atoms with Crippen LogP contribution >= 0.6 is 0 Å². The van der Waals surface area contributed by atoms with Gasteiger partial charge in [-0.3, -0.25) is 0 Å². The molecule has 0 aliphatic carbocycles. The first-order chi connectivity index (χ1) is 8.08. The molecule has 0 aromatic heterocycles. The lowest BCUT2D eigenvalue weighted by Gasteiger charge is -2.30. The summed E-state index contributed by atoms with van der Waals surface area (Å²) in [6.07, 6.45) is 1.09. The molecule has 1 fully saturated rings. The van der Waals surface area contributed by atoms with Crippen molar-refractivity contribution in [3.05, 3.63) is 34.9 Å². The van der Waals surface area contributed by atoms with Gasteiger partial charge in [-0.1, -0.05) is 13.0 Å². The molecule has 0 unspecified atom stereocenters. The van der Waals surface area contributed by atoms with E-state index in [9.17, 15) is 4.79 Å². The van der Waals surface area contributed by atoms with E-state index in [1.54, 1.807) is 6.07 Å². The largest absolute Gasteiger partial charge is 0.478 e. The monoisotopic (exact) mass is 233 g/mol. The molecule has 92 valence electrons. The molecule has 1 aromatic carbocycles. The van der Waals surface area contributed by atoms with E-state index in [2.05, 4.69) is 18.3 Å². The van der Waals surface area contributed by atoms with E-state index in [0.29, 0.717) is 17.4 Å². The summed E-state index contributed by atoms with van der Waals surface area (Å²) in [4.78, 5) is 11.1. The van der Waals surface area contributed by atoms with Crippen LogP contribution < -0.4 is 5.32 Å². The minimum atomic E-state index is -0.837. The lowest BCUT2D eigenvalue weighted by Crippen LogP contribution is -2.33. The minimum absolute atomic E-state index is 0.408. The zero-order valence-electron chi connectivity index (χ0n) is 10.4. The van der Waals surface area contributed by atoms with Gasteiger partial charge in [-0.05, 0) is 61.5 Å². The number of carbonyl (C=O) groups is 1. The van der Waals surface area contributed by atoms with E-state index in [4.69, 9.17) is 5.11 Å². The lowest BCUT2D eigenvalue weighted by atomic mass is 9.81. The third-order valence-corrected chi connectivity index (χ3v) is 3.56. The van der Waals surface area contributed by atoms with Crippen LogP contribution in [0.4, 0.5) is 0 Å². The van der Waals surface area contributed by atoms with Gasteiger partial charge < -0.3 is 10.4 Å². The van der Waals surface area contributed by atoms with Gasteiger partial charge in [0.15, 0.2) is 0 Å². The van der Waals surface area contributed by atoms with Crippen LogP contribution in [-0.2, 0) is 0 Å². The number of aryl methyl sites for hydroxylation is 1. The van der Waals surface area contributed by atoms with Crippen LogP contribution in [0, 0.1) is 12.8 Å². The number of piperidine rings is 1. The first-order valence-corrected chi connectivity index (χ1v) is 6.13. The number of aromatic carboxylic acids is 1. The Kier molecular flexibility index (Phi) is 3.48. The molecule has 1 saturated heterocycles. The maximum absolute atomic E-state index is 11.1. The fourth-order valence-electron chi connectivity index (χ4n) is 2.66. The smallest absolute Gasteiger partial charge is 0.335 e. The van der Waals surface area contributed by atoms with Crippen molar-refractivity contribution >= 4 is 5.97 Å². The number of benzene rings is 1. The molecule has 1 aliphatic heterocycles. The normalized spacial score (nSPS) is 24.6. The van der Waals surface area contributed by atoms with E-state index in [-0.39, 0.29) is 0 Å². The molecule has 1 aromatic rings. The Morgan fingerprint density at radius 1 is 1.41 bits per heavy atom. The van der Waals surface area contributed by atoms with Gasteiger partial charge in [0.05, 0.1) is 5.56 Å². The van der Waals surface area contributed by atoms with Gasteiger partial charge in [-0.25, -0.2) is 4.79 Å². The highest BCUT2D eigenvalue weighted by Crippen LogP contribution is 2.31. The number of nitrogens with one attached hydrogen (secondary N) is 1. The summed E-state index contributed by atoms with van der Waals surface area (Å²) in [5.74, 6) is 0.206. The number of hydrogen-bond donors (Lipinski definition) is 2. The lowest BCUT2D eigenvalue weighted by molar-refractivity contribution is 0.0696. The highest BCUT2D eigenvalue weighted by molar-refractivity contribution is 5.88. The van der Waals surface area contributed by atoms with Crippen LogP contribution in [0.15, 0.2) is 18.2 Å². The quantitative estimate of drug-likeness (QED) is 0.824. The molecular formula is C14H19NO2. The molecule has 0 amide bonds. The fourth-order valence-corrected chi connectivity index (χ4v) is 2.66. The summed E-state index contributed by atoms with van der Waals surface area (Å²) >= 11 is 0.